The van der Waals surface area contributed by atoms with Gasteiger partial charge in [0.05, 0.1) is 28.1 Å². The van der Waals surface area contributed by atoms with Crippen molar-refractivity contribution in [2.75, 3.05) is 4.90 Å². The number of carbonyl (C=O) groups is 2. The van der Waals surface area contributed by atoms with Crippen LogP contribution in [0.4, 0.5) is 18.9 Å². The zero-order valence-corrected chi connectivity index (χ0v) is 25.5. The number of aromatic amines is 1. The lowest BCUT2D eigenvalue weighted by Crippen LogP contribution is -2.42. The maximum atomic E-state index is 13.9. The van der Waals surface area contributed by atoms with Crippen molar-refractivity contribution in [2.24, 2.45) is 29.6 Å². The van der Waals surface area contributed by atoms with Gasteiger partial charge in [-0.3, -0.25) is 19.3 Å². The molecule has 1 aromatic heterocycles. The number of anilines is 1. The van der Waals surface area contributed by atoms with Gasteiger partial charge in [0.1, 0.15) is 12.4 Å². The number of thioether (sulfide) groups is 1. The summed E-state index contributed by atoms with van der Waals surface area (Å²) in [6.45, 7) is 2.47. The van der Waals surface area contributed by atoms with Crippen LogP contribution in [0.5, 0.6) is 5.75 Å². The molecule has 3 aromatic carbocycles. The van der Waals surface area contributed by atoms with E-state index in [-0.39, 0.29) is 39.5 Å². The summed E-state index contributed by atoms with van der Waals surface area (Å²) >= 11 is 2.75. The molecule has 230 valence electrons. The molecule has 1 N–H and O–H groups in total. The van der Waals surface area contributed by atoms with E-state index in [1.165, 1.54) is 23.5 Å². The number of nitrogens with zero attached hydrogens (tertiary/aromatic N) is 1. The third-order valence-electron chi connectivity index (χ3n) is 9.88. The van der Waals surface area contributed by atoms with Crippen molar-refractivity contribution in [1.82, 2.24) is 4.98 Å². The Morgan fingerprint density at radius 1 is 0.933 bits per heavy atom. The molecule has 4 aromatic rings. The smallest absolute Gasteiger partial charge is 0.416 e. The van der Waals surface area contributed by atoms with E-state index in [9.17, 15) is 27.6 Å². The van der Waals surface area contributed by atoms with Gasteiger partial charge in [0.2, 0.25) is 11.8 Å². The second-order valence-electron chi connectivity index (χ2n) is 12.4. The van der Waals surface area contributed by atoms with Crippen molar-refractivity contribution < 1.29 is 27.5 Å². The highest BCUT2D eigenvalue weighted by Gasteiger charge is 2.69. The van der Waals surface area contributed by atoms with E-state index in [0.29, 0.717) is 18.8 Å². The number of fused-ring (bicyclic) bond motifs is 9. The molecule has 0 spiro atoms. The average Bonchev–Trinajstić information content (AvgIpc) is 3.75. The quantitative estimate of drug-likeness (QED) is 0.236. The molecule has 7 atom stereocenters. The highest BCUT2D eigenvalue weighted by atomic mass is 32.2. The van der Waals surface area contributed by atoms with E-state index in [4.69, 9.17) is 4.74 Å². The average molecular weight is 649 g/mol. The first kappa shape index (κ1) is 28.6. The first-order valence-corrected chi connectivity index (χ1v) is 16.5. The van der Waals surface area contributed by atoms with Gasteiger partial charge in [-0.1, -0.05) is 59.4 Å². The first-order chi connectivity index (χ1) is 21.6. The number of rotatable bonds is 5. The molecule has 0 radical (unpaired) electrons. The summed E-state index contributed by atoms with van der Waals surface area (Å²) in [5, 5.41) is 0.779. The van der Waals surface area contributed by atoms with E-state index in [2.05, 4.69) is 11.1 Å². The van der Waals surface area contributed by atoms with Crippen LogP contribution < -0.4 is 14.5 Å². The summed E-state index contributed by atoms with van der Waals surface area (Å²) < 4.78 is 46.5. The molecular weight excluding hydrogens is 622 g/mol. The summed E-state index contributed by atoms with van der Waals surface area (Å²) in [6, 6.07) is 20.4. The number of hydrogen-bond donors (Lipinski definition) is 1. The minimum atomic E-state index is -4.59. The van der Waals surface area contributed by atoms with Crippen molar-refractivity contribution in [3.8, 4) is 5.75 Å². The lowest BCUT2D eigenvalue weighted by atomic mass is 9.68. The maximum absolute atomic E-state index is 13.9. The maximum Gasteiger partial charge on any atom is 0.416 e. The van der Waals surface area contributed by atoms with Gasteiger partial charge in [0, 0.05) is 16.0 Å². The fourth-order valence-corrected chi connectivity index (χ4v) is 11.1. The molecule has 11 heteroatoms. The van der Waals surface area contributed by atoms with E-state index < -0.39 is 35.4 Å². The molecule has 45 heavy (non-hydrogen) atoms. The second-order valence-corrected chi connectivity index (χ2v) is 14.6. The Morgan fingerprint density at radius 2 is 1.67 bits per heavy atom. The number of aromatic nitrogens is 1. The summed E-state index contributed by atoms with van der Waals surface area (Å²) in [5.74, 6) is -1.77. The van der Waals surface area contributed by atoms with E-state index in [1.54, 1.807) is 11.8 Å². The number of aryl methyl sites for hydroxylation is 1. The number of thiazole rings is 1. The minimum Gasteiger partial charge on any atom is -0.489 e. The molecule has 2 bridgehead atoms. The van der Waals surface area contributed by atoms with Crippen LogP contribution in [0.3, 0.4) is 0 Å². The largest absolute Gasteiger partial charge is 0.489 e. The van der Waals surface area contributed by atoms with E-state index >= 15 is 0 Å². The number of imide groups is 1. The number of amides is 2. The fourth-order valence-electron chi connectivity index (χ4n) is 8.21. The van der Waals surface area contributed by atoms with Crippen molar-refractivity contribution in [2.45, 2.75) is 42.3 Å². The van der Waals surface area contributed by atoms with Gasteiger partial charge in [0.25, 0.3) is 0 Å². The van der Waals surface area contributed by atoms with Gasteiger partial charge in [-0.2, -0.15) is 13.2 Å². The Morgan fingerprint density at radius 3 is 2.40 bits per heavy atom. The molecular formula is C34H27F3N2O4S2. The van der Waals surface area contributed by atoms with Crippen molar-refractivity contribution in [3.63, 3.8) is 0 Å². The molecule has 4 aliphatic rings. The van der Waals surface area contributed by atoms with Gasteiger partial charge in [-0.15, -0.1) is 11.8 Å². The van der Waals surface area contributed by atoms with E-state index in [0.717, 1.165) is 43.6 Å². The Labute approximate surface area is 264 Å². The predicted molar refractivity (Wildman–Crippen MR) is 164 cm³/mol. The zero-order chi connectivity index (χ0) is 31.2. The van der Waals surface area contributed by atoms with Crippen LogP contribution in [0.1, 0.15) is 39.5 Å². The third kappa shape index (κ3) is 4.57. The number of nitrogens with one attached hydrogen (secondary N) is 1. The molecule has 3 heterocycles. The lowest BCUT2D eigenvalue weighted by Gasteiger charge is -2.43. The molecule has 6 nitrogen and oxygen atoms in total. The molecule has 2 aliphatic carbocycles. The molecule has 2 aliphatic heterocycles. The monoisotopic (exact) mass is 648 g/mol. The summed E-state index contributed by atoms with van der Waals surface area (Å²) in [6.07, 6.45) is -3.90. The Kier molecular flexibility index (Phi) is 6.58. The highest BCUT2D eigenvalue weighted by Crippen LogP contribution is 2.68. The van der Waals surface area contributed by atoms with Crippen molar-refractivity contribution >= 4 is 40.6 Å². The summed E-state index contributed by atoms with van der Waals surface area (Å²) in [5.41, 5.74) is 2.29. The Hall–Kier alpha value is -3.83. The number of alkyl halides is 3. The van der Waals surface area contributed by atoms with Crippen molar-refractivity contribution in [1.29, 1.82) is 0 Å². The van der Waals surface area contributed by atoms with Crippen LogP contribution in [-0.2, 0) is 22.4 Å². The molecule has 8 rings (SSSR count). The van der Waals surface area contributed by atoms with Gasteiger partial charge in [-0.25, -0.2) is 0 Å². The summed E-state index contributed by atoms with van der Waals surface area (Å²) in [4.78, 5) is 45.0. The first-order valence-electron chi connectivity index (χ1n) is 14.8. The van der Waals surface area contributed by atoms with Gasteiger partial charge >= 0.3 is 11.0 Å². The van der Waals surface area contributed by atoms with E-state index in [1.807, 2.05) is 49.4 Å². The van der Waals surface area contributed by atoms with Crippen LogP contribution in [-0.4, -0.2) is 22.0 Å². The van der Waals surface area contributed by atoms with Gasteiger partial charge in [-0.05, 0) is 72.6 Å². The number of halogens is 3. The van der Waals surface area contributed by atoms with Gasteiger partial charge < -0.3 is 9.72 Å². The van der Waals surface area contributed by atoms with Crippen LogP contribution >= 0.6 is 23.1 Å². The highest BCUT2D eigenvalue weighted by molar-refractivity contribution is 8.00. The molecule has 2 amide bonds. The standard InChI is InChI=1S/C34H27F3N2O4S2/c1-16-4-2-5-17(12-16)15-43-21-10-8-18(9-11-21)24-25-22-14-23(28(25)44-30-29(24)45-33(42)38-30)27-26(22)31(40)39(32(27)41)20-7-3-6-19(13-20)34(35,36)37/h2-13,22-28H,14-15H2,1H3,(H,38,42)/t22-,23-,24+,25+,26+,27+,28-/m1/s1. The SMILES string of the molecule is Cc1cccc(COc2ccc([C@@H]3c4sc(=O)[nH]c4S[C@@H]4[C@@H]5C[C@@H]([C@@H]6C(=O)N(c7cccc(C(F)(F)F)c7)C(=O)[C@@H]56)[C@@H]34)cc2)c1. The van der Waals surface area contributed by atoms with Crippen LogP contribution in [0, 0.1) is 36.5 Å². The summed E-state index contributed by atoms with van der Waals surface area (Å²) in [7, 11) is 0. The van der Waals surface area contributed by atoms with Crippen LogP contribution in [0.15, 0.2) is 82.6 Å². The predicted octanol–water partition coefficient (Wildman–Crippen LogP) is 7.02. The topological polar surface area (TPSA) is 79.5 Å². The normalized spacial score (nSPS) is 28.3. The third-order valence-corrected chi connectivity index (χ3v) is 12.5. The van der Waals surface area contributed by atoms with Crippen LogP contribution in [0.2, 0.25) is 0 Å². The Bertz CT molecular complexity index is 1900. The minimum absolute atomic E-state index is 0.0162. The number of hydrogen-bond acceptors (Lipinski definition) is 6. The fraction of sp³-hybridized carbons (Fsp3) is 0.324. The molecule has 2 saturated carbocycles. The lowest BCUT2D eigenvalue weighted by molar-refractivity contribution is -0.137. The number of benzene rings is 3. The Balaban J connectivity index is 1.11. The number of H-pyrrole nitrogens is 1. The molecule has 3 fully saturated rings. The molecule has 1 saturated heterocycles. The number of carbonyl (C=O) groups excluding carboxylic acids is 2. The zero-order valence-electron chi connectivity index (χ0n) is 23.9. The number of ether oxygens (including phenoxy) is 1. The van der Waals surface area contributed by atoms with Gasteiger partial charge in [0.15, 0.2) is 0 Å². The van der Waals surface area contributed by atoms with Crippen LogP contribution in [0.25, 0.3) is 0 Å². The van der Waals surface area contributed by atoms with Crippen molar-refractivity contribution in [3.05, 3.63) is 110 Å². The molecule has 0 unspecified atom stereocenters. The second kappa shape index (κ2) is 10.3.